The Morgan fingerprint density at radius 3 is 2.86 bits per heavy atom. The second-order valence-corrected chi connectivity index (χ2v) is 8.88. The number of nitrogens with zero attached hydrogens (tertiary/aromatic N) is 2. The first kappa shape index (κ1) is 18.4. The Morgan fingerprint density at radius 1 is 1.21 bits per heavy atom. The molecular weight excluding hydrogens is 402 g/mol. The summed E-state index contributed by atoms with van der Waals surface area (Å²) in [6, 6.07) is 12.5. The van der Waals surface area contributed by atoms with Crippen molar-refractivity contribution in [1.29, 1.82) is 0 Å². The number of ether oxygens (including phenoxy) is 1. The lowest BCUT2D eigenvalue weighted by molar-refractivity contribution is 0.0925. The molecule has 1 aliphatic heterocycles. The molecule has 0 saturated carbocycles. The minimum Gasteiger partial charge on any atom is -0.379 e. The summed E-state index contributed by atoms with van der Waals surface area (Å²) in [7, 11) is 0. The zero-order chi connectivity index (χ0) is 19.6. The van der Waals surface area contributed by atoms with Crippen LogP contribution in [-0.2, 0) is 11.2 Å². The van der Waals surface area contributed by atoms with Crippen LogP contribution < -0.4 is 5.32 Å². The Bertz CT molecular complexity index is 1130. The third-order valence-corrected chi connectivity index (χ3v) is 6.85. The highest BCUT2D eigenvalue weighted by atomic mass is 32.1. The molecule has 3 aromatic heterocycles. The number of aromatic nitrogens is 2. The summed E-state index contributed by atoms with van der Waals surface area (Å²) >= 11 is 3.30. The lowest BCUT2D eigenvalue weighted by Crippen LogP contribution is -2.35. The molecule has 0 bridgehead atoms. The van der Waals surface area contributed by atoms with Crippen molar-refractivity contribution < 1.29 is 9.53 Å². The maximum atomic E-state index is 12.7. The van der Waals surface area contributed by atoms with Crippen LogP contribution in [0.1, 0.15) is 28.0 Å². The number of hydrogen-bond acceptors (Lipinski definition) is 6. The largest absolute Gasteiger partial charge is 0.379 e. The summed E-state index contributed by atoms with van der Waals surface area (Å²) in [5.74, 6) is -0.129. The van der Waals surface area contributed by atoms with Crippen molar-refractivity contribution in [2.75, 3.05) is 13.2 Å². The number of hydrogen-bond donors (Lipinski definition) is 1. The summed E-state index contributed by atoms with van der Waals surface area (Å²) in [6.45, 7) is 1.27. The van der Waals surface area contributed by atoms with Crippen LogP contribution >= 0.6 is 22.7 Å². The van der Waals surface area contributed by atoms with Crippen LogP contribution in [0.4, 0.5) is 0 Å². The Labute approximate surface area is 176 Å². The van der Waals surface area contributed by atoms with Crippen molar-refractivity contribution in [3.63, 3.8) is 0 Å². The summed E-state index contributed by atoms with van der Waals surface area (Å²) in [6.07, 6.45) is 3.50. The SMILES string of the molecule is O=C(N[C@H]1CCOC1)c1cc(Cc2ccc(-c3cncs3)cc2)c2sccc2n1. The van der Waals surface area contributed by atoms with Crippen molar-refractivity contribution in [3.05, 3.63) is 70.3 Å². The van der Waals surface area contributed by atoms with E-state index in [1.165, 1.54) is 11.1 Å². The summed E-state index contributed by atoms with van der Waals surface area (Å²) in [5, 5.41) is 5.07. The van der Waals surface area contributed by atoms with Gasteiger partial charge >= 0.3 is 0 Å². The van der Waals surface area contributed by atoms with Crippen LogP contribution in [0.2, 0.25) is 0 Å². The number of amides is 1. The number of carbonyl (C=O) groups is 1. The van der Waals surface area contributed by atoms with Crippen molar-refractivity contribution >= 4 is 38.8 Å². The third kappa shape index (κ3) is 3.94. The van der Waals surface area contributed by atoms with Gasteiger partial charge in [0.05, 0.1) is 33.3 Å². The fourth-order valence-electron chi connectivity index (χ4n) is 3.54. The zero-order valence-electron chi connectivity index (χ0n) is 15.6. The molecule has 0 unspecified atom stereocenters. The number of benzene rings is 1. The first-order chi connectivity index (χ1) is 14.3. The van der Waals surface area contributed by atoms with E-state index in [0.29, 0.717) is 18.9 Å². The van der Waals surface area contributed by atoms with Crippen molar-refractivity contribution in [1.82, 2.24) is 15.3 Å². The molecule has 1 saturated heterocycles. The average Bonchev–Trinajstić information content (AvgIpc) is 3.50. The predicted molar refractivity (Wildman–Crippen MR) is 117 cm³/mol. The van der Waals surface area contributed by atoms with Gasteiger partial charge in [0.1, 0.15) is 5.69 Å². The van der Waals surface area contributed by atoms with Crippen LogP contribution in [0.5, 0.6) is 0 Å². The van der Waals surface area contributed by atoms with E-state index in [4.69, 9.17) is 4.74 Å². The smallest absolute Gasteiger partial charge is 0.270 e. The van der Waals surface area contributed by atoms with Crippen molar-refractivity contribution in [2.45, 2.75) is 18.9 Å². The standard InChI is InChI=1S/C22H19N3O2S2/c26-22(24-17-5-7-27-12-17)19-10-16(21-18(25-19)6-8-28-21)9-14-1-3-15(4-2-14)20-11-23-13-29-20/h1-4,6,8,10-11,13,17H,5,7,9,12H2,(H,24,26)/t17-/m0/s1. The molecule has 5 nitrogen and oxygen atoms in total. The number of thiazole rings is 1. The van der Waals surface area contributed by atoms with E-state index in [1.807, 2.05) is 29.2 Å². The maximum Gasteiger partial charge on any atom is 0.270 e. The first-order valence-corrected chi connectivity index (χ1v) is 11.3. The molecule has 0 radical (unpaired) electrons. The normalized spacial score (nSPS) is 16.3. The molecule has 1 amide bonds. The molecule has 146 valence electrons. The highest BCUT2D eigenvalue weighted by molar-refractivity contribution is 7.17. The van der Waals surface area contributed by atoms with E-state index >= 15 is 0 Å². The molecule has 0 spiro atoms. The van der Waals surface area contributed by atoms with Gasteiger partial charge in [0, 0.05) is 12.8 Å². The monoisotopic (exact) mass is 421 g/mol. The van der Waals surface area contributed by atoms with Gasteiger partial charge < -0.3 is 10.1 Å². The van der Waals surface area contributed by atoms with Gasteiger partial charge in [-0.3, -0.25) is 9.78 Å². The van der Waals surface area contributed by atoms with Gasteiger partial charge in [0.25, 0.3) is 5.91 Å². The Balaban J connectivity index is 1.41. The number of fused-ring (bicyclic) bond motifs is 1. The molecule has 0 aliphatic carbocycles. The topological polar surface area (TPSA) is 64.1 Å². The third-order valence-electron chi connectivity index (χ3n) is 5.05. The first-order valence-electron chi connectivity index (χ1n) is 9.50. The van der Waals surface area contributed by atoms with E-state index in [1.54, 1.807) is 22.7 Å². The van der Waals surface area contributed by atoms with Crippen LogP contribution in [-0.4, -0.2) is 35.1 Å². The molecule has 1 aromatic carbocycles. The van der Waals surface area contributed by atoms with E-state index in [-0.39, 0.29) is 11.9 Å². The zero-order valence-corrected chi connectivity index (χ0v) is 17.3. The highest BCUT2D eigenvalue weighted by Gasteiger charge is 2.20. The number of thiophene rings is 1. The lowest BCUT2D eigenvalue weighted by atomic mass is 10.0. The fraction of sp³-hybridized carbons (Fsp3) is 0.227. The van der Waals surface area contributed by atoms with Gasteiger partial charge in [0.2, 0.25) is 0 Å². The summed E-state index contributed by atoms with van der Waals surface area (Å²) in [5.41, 5.74) is 6.70. The Kier molecular flexibility index (Phi) is 5.10. The minimum atomic E-state index is -0.129. The second kappa shape index (κ2) is 8.02. The van der Waals surface area contributed by atoms with Gasteiger partial charge in [-0.1, -0.05) is 24.3 Å². The summed E-state index contributed by atoms with van der Waals surface area (Å²) < 4.78 is 6.49. The molecule has 4 heterocycles. The lowest BCUT2D eigenvalue weighted by Gasteiger charge is -2.12. The number of pyridine rings is 1. The summed E-state index contributed by atoms with van der Waals surface area (Å²) in [4.78, 5) is 22.6. The van der Waals surface area contributed by atoms with E-state index in [9.17, 15) is 4.79 Å². The van der Waals surface area contributed by atoms with Crippen LogP contribution in [0.25, 0.3) is 20.7 Å². The van der Waals surface area contributed by atoms with Gasteiger partial charge in [-0.2, -0.15) is 0 Å². The van der Waals surface area contributed by atoms with E-state index in [0.717, 1.165) is 33.5 Å². The second-order valence-electron chi connectivity index (χ2n) is 7.07. The molecular formula is C22H19N3O2S2. The fourth-order valence-corrected chi connectivity index (χ4v) is 5.02. The highest BCUT2D eigenvalue weighted by Crippen LogP contribution is 2.28. The van der Waals surface area contributed by atoms with E-state index < -0.39 is 0 Å². The predicted octanol–water partition coefficient (Wildman–Crippen LogP) is 4.53. The van der Waals surface area contributed by atoms with Crippen molar-refractivity contribution in [2.24, 2.45) is 0 Å². The number of rotatable bonds is 5. The van der Waals surface area contributed by atoms with Crippen LogP contribution in [0.3, 0.4) is 0 Å². The molecule has 4 aromatic rings. The minimum absolute atomic E-state index is 0.0743. The number of carbonyl (C=O) groups excluding carboxylic acids is 1. The molecule has 1 atom stereocenters. The molecule has 1 N–H and O–H groups in total. The van der Waals surface area contributed by atoms with Crippen LogP contribution in [0.15, 0.2) is 53.5 Å². The van der Waals surface area contributed by atoms with Gasteiger partial charge in [0.15, 0.2) is 0 Å². The molecule has 1 fully saturated rings. The number of nitrogens with one attached hydrogen (secondary N) is 1. The molecule has 7 heteroatoms. The maximum absolute atomic E-state index is 12.7. The van der Waals surface area contributed by atoms with E-state index in [2.05, 4.69) is 39.6 Å². The van der Waals surface area contributed by atoms with Crippen molar-refractivity contribution in [3.8, 4) is 10.4 Å². The van der Waals surface area contributed by atoms with Gasteiger partial charge in [-0.25, -0.2) is 4.98 Å². The molecule has 1 aliphatic rings. The Hall–Kier alpha value is -2.61. The molecule has 5 rings (SSSR count). The quantitative estimate of drug-likeness (QED) is 0.514. The van der Waals surface area contributed by atoms with Crippen LogP contribution in [0, 0.1) is 0 Å². The van der Waals surface area contributed by atoms with Gasteiger partial charge in [-0.05, 0) is 47.0 Å². The molecule has 29 heavy (non-hydrogen) atoms. The van der Waals surface area contributed by atoms with Gasteiger partial charge in [-0.15, -0.1) is 22.7 Å². The Morgan fingerprint density at radius 2 is 2.10 bits per heavy atom. The average molecular weight is 422 g/mol.